The molecule has 0 saturated heterocycles. The van der Waals surface area contributed by atoms with Crippen molar-refractivity contribution >= 4 is 5.91 Å². The fourth-order valence-corrected chi connectivity index (χ4v) is 1.33. The van der Waals surface area contributed by atoms with Crippen molar-refractivity contribution < 1.29 is 4.79 Å². The van der Waals surface area contributed by atoms with Gasteiger partial charge in [0.2, 0.25) is 5.91 Å². The molecule has 0 aromatic heterocycles. The first-order valence-corrected chi connectivity index (χ1v) is 5.48. The molecule has 2 N–H and O–H groups in total. The first-order valence-electron chi connectivity index (χ1n) is 5.48. The normalized spacial score (nSPS) is 13.0. The molecule has 0 aliphatic carbocycles. The first kappa shape index (κ1) is 14.0. The lowest BCUT2D eigenvalue weighted by atomic mass is 9.94. The van der Waals surface area contributed by atoms with Crippen LogP contribution in [0.3, 0.4) is 0 Å². The van der Waals surface area contributed by atoms with Crippen molar-refractivity contribution in [3.8, 4) is 12.3 Å². The molecular weight excluding hydrogens is 188 g/mol. The smallest absolute Gasteiger partial charge is 0.237 e. The fourth-order valence-electron chi connectivity index (χ4n) is 1.33. The number of carbonyl (C=O) groups excluding carboxylic acids is 1. The third-order valence-electron chi connectivity index (χ3n) is 2.88. The van der Waals surface area contributed by atoms with Crippen molar-refractivity contribution in [1.29, 1.82) is 0 Å². The number of rotatable bonds is 6. The molecule has 0 aliphatic heterocycles. The van der Waals surface area contributed by atoms with Gasteiger partial charge in [-0.25, -0.2) is 0 Å². The minimum Gasteiger partial charge on any atom is -0.344 e. The van der Waals surface area contributed by atoms with E-state index in [0.717, 1.165) is 12.8 Å². The van der Waals surface area contributed by atoms with Crippen LogP contribution in [-0.4, -0.2) is 24.0 Å². The Morgan fingerprint density at radius 1 is 1.47 bits per heavy atom. The number of amides is 1. The van der Waals surface area contributed by atoms with Gasteiger partial charge in [0.05, 0.1) is 12.6 Å². The van der Waals surface area contributed by atoms with E-state index in [-0.39, 0.29) is 17.5 Å². The number of hydrogen-bond donors (Lipinski definition) is 2. The van der Waals surface area contributed by atoms with E-state index in [2.05, 4.69) is 37.3 Å². The van der Waals surface area contributed by atoms with Crippen molar-refractivity contribution in [3.05, 3.63) is 0 Å². The van der Waals surface area contributed by atoms with Crippen LogP contribution in [0.2, 0.25) is 0 Å². The predicted octanol–water partition coefficient (Wildman–Crippen LogP) is 1.29. The molecule has 0 heterocycles. The van der Waals surface area contributed by atoms with Crippen LogP contribution in [0.4, 0.5) is 0 Å². The minimum absolute atomic E-state index is 0.0207. The summed E-state index contributed by atoms with van der Waals surface area (Å²) in [6, 6.07) is -0.205. The lowest BCUT2D eigenvalue weighted by Gasteiger charge is -2.31. The minimum atomic E-state index is -0.205. The number of hydrogen-bond acceptors (Lipinski definition) is 2. The quantitative estimate of drug-likeness (QED) is 0.649. The summed E-state index contributed by atoms with van der Waals surface area (Å²) in [7, 11) is 0. The molecule has 3 nitrogen and oxygen atoms in total. The SMILES string of the molecule is C#CCNC(=O)C(C)NC(C)(CC)CC. The van der Waals surface area contributed by atoms with Gasteiger partial charge >= 0.3 is 0 Å². The van der Waals surface area contributed by atoms with Crippen LogP contribution < -0.4 is 10.6 Å². The Balaban J connectivity index is 4.17. The second kappa shape index (κ2) is 6.47. The molecule has 0 bridgehead atoms. The zero-order valence-corrected chi connectivity index (χ0v) is 10.2. The molecule has 0 fully saturated rings. The second-order valence-corrected chi connectivity index (χ2v) is 4.06. The summed E-state index contributed by atoms with van der Waals surface area (Å²) in [5.74, 6) is 2.34. The Hall–Kier alpha value is -1.01. The average Bonchev–Trinajstić information content (AvgIpc) is 2.25. The molecule has 0 aromatic carbocycles. The van der Waals surface area contributed by atoms with Crippen molar-refractivity contribution in [2.75, 3.05) is 6.54 Å². The van der Waals surface area contributed by atoms with Crippen molar-refractivity contribution in [2.45, 2.75) is 52.1 Å². The van der Waals surface area contributed by atoms with Crippen molar-refractivity contribution in [2.24, 2.45) is 0 Å². The van der Waals surface area contributed by atoms with Gasteiger partial charge in [-0.3, -0.25) is 4.79 Å². The maximum absolute atomic E-state index is 11.5. The van der Waals surface area contributed by atoms with Crippen molar-refractivity contribution in [1.82, 2.24) is 10.6 Å². The molecule has 0 aliphatic rings. The molecule has 0 rings (SSSR count). The van der Waals surface area contributed by atoms with Gasteiger partial charge in [0.1, 0.15) is 0 Å². The van der Waals surface area contributed by atoms with Gasteiger partial charge < -0.3 is 10.6 Å². The van der Waals surface area contributed by atoms with E-state index in [1.807, 2.05) is 6.92 Å². The van der Waals surface area contributed by atoms with Crippen LogP contribution in [0.25, 0.3) is 0 Å². The zero-order valence-electron chi connectivity index (χ0n) is 10.2. The highest BCUT2D eigenvalue weighted by Gasteiger charge is 2.24. The predicted molar refractivity (Wildman–Crippen MR) is 63.4 cm³/mol. The number of terminal acetylenes is 1. The Morgan fingerprint density at radius 3 is 2.40 bits per heavy atom. The lowest BCUT2D eigenvalue weighted by molar-refractivity contribution is -0.123. The number of carbonyl (C=O) groups is 1. The lowest BCUT2D eigenvalue weighted by Crippen LogP contribution is -2.52. The topological polar surface area (TPSA) is 41.1 Å². The van der Waals surface area contributed by atoms with E-state index in [9.17, 15) is 4.79 Å². The van der Waals surface area contributed by atoms with Gasteiger partial charge in [-0.05, 0) is 26.7 Å². The summed E-state index contributed by atoms with van der Waals surface area (Å²) < 4.78 is 0. The molecule has 86 valence electrons. The van der Waals surface area contributed by atoms with Crippen LogP contribution in [0.15, 0.2) is 0 Å². The third kappa shape index (κ3) is 4.85. The molecule has 1 atom stereocenters. The van der Waals surface area contributed by atoms with E-state index in [4.69, 9.17) is 6.42 Å². The highest BCUT2D eigenvalue weighted by atomic mass is 16.2. The summed E-state index contributed by atoms with van der Waals surface area (Å²) in [6.45, 7) is 8.50. The third-order valence-corrected chi connectivity index (χ3v) is 2.88. The van der Waals surface area contributed by atoms with E-state index < -0.39 is 0 Å². The summed E-state index contributed by atoms with van der Waals surface area (Å²) in [5.41, 5.74) is 0.0207. The van der Waals surface area contributed by atoms with Gasteiger partial charge in [-0.1, -0.05) is 19.8 Å². The summed E-state index contributed by atoms with van der Waals surface area (Å²) in [5, 5.41) is 5.99. The van der Waals surface area contributed by atoms with Gasteiger partial charge in [0, 0.05) is 5.54 Å². The van der Waals surface area contributed by atoms with E-state index in [1.165, 1.54) is 0 Å². The molecule has 3 heteroatoms. The monoisotopic (exact) mass is 210 g/mol. The molecule has 0 radical (unpaired) electrons. The van der Waals surface area contributed by atoms with Crippen LogP contribution >= 0.6 is 0 Å². The van der Waals surface area contributed by atoms with Gasteiger partial charge in [-0.15, -0.1) is 6.42 Å². The van der Waals surface area contributed by atoms with E-state index in [0.29, 0.717) is 6.54 Å². The van der Waals surface area contributed by atoms with Crippen LogP contribution in [0, 0.1) is 12.3 Å². The molecule has 1 unspecified atom stereocenters. The van der Waals surface area contributed by atoms with Crippen molar-refractivity contribution in [3.63, 3.8) is 0 Å². The molecule has 0 saturated carbocycles. The molecule has 1 amide bonds. The molecular formula is C12H22N2O. The highest BCUT2D eigenvalue weighted by Crippen LogP contribution is 2.14. The fraction of sp³-hybridized carbons (Fsp3) is 0.750. The van der Waals surface area contributed by atoms with Gasteiger partial charge in [0.15, 0.2) is 0 Å². The zero-order chi connectivity index (χ0) is 11.9. The molecule has 15 heavy (non-hydrogen) atoms. The summed E-state index contributed by atoms with van der Waals surface area (Å²) >= 11 is 0. The Morgan fingerprint density at radius 2 is 2.00 bits per heavy atom. The summed E-state index contributed by atoms with van der Waals surface area (Å²) in [4.78, 5) is 11.5. The van der Waals surface area contributed by atoms with E-state index >= 15 is 0 Å². The second-order valence-electron chi connectivity index (χ2n) is 4.06. The standard InChI is InChI=1S/C12H22N2O/c1-6-9-13-11(15)10(4)14-12(5,7-2)8-3/h1,10,14H,7-9H2,2-5H3,(H,13,15). The molecule has 0 aromatic rings. The maximum atomic E-state index is 11.5. The average molecular weight is 210 g/mol. The maximum Gasteiger partial charge on any atom is 0.237 e. The van der Waals surface area contributed by atoms with Gasteiger partial charge in [0.25, 0.3) is 0 Å². The highest BCUT2D eigenvalue weighted by molar-refractivity contribution is 5.81. The van der Waals surface area contributed by atoms with E-state index in [1.54, 1.807) is 0 Å². The summed E-state index contributed by atoms with van der Waals surface area (Å²) in [6.07, 6.45) is 7.06. The largest absolute Gasteiger partial charge is 0.344 e. The Labute approximate surface area is 93.0 Å². The number of nitrogens with one attached hydrogen (secondary N) is 2. The van der Waals surface area contributed by atoms with Crippen LogP contribution in [0.1, 0.15) is 40.5 Å². The van der Waals surface area contributed by atoms with Gasteiger partial charge in [-0.2, -0.15) is 0 Å². The molecule has 0 spiro atoms. The van der Waals surface area contributed by atoms with Crippen LogP contribution in [-0.2, 0) is 4.79 Å². The van der Waals surface area contributed by atoms with Crippen LogP contribution in [0.5, 0.6) is 0 Å². The Kier molecular flexibility index (Phi) is 6.03. The first-order chi connectivity index (χ1) is 6.99. The Bertz CT molecular complexity index is 238.